The molecule has 0 atom stereocenters. The molecule has 1 N–H and O–H groups in total. The largest absolute Gasteiger partial charge is 0.245 e. The van der Waals surface area contributed by atoms with E-state index in [0.29, 0.717) is 16.5 Å². The predicted octanol–water partition coefficient (Wildman–Crippen LogP) is 5.27. The lowest BCUT2D eigenvalue weighted by Gasteiger charge is -2.09. The Labute approximate surface area is 167 Å². The summed E-state index contributed by atoms with van der Waals surface area (Å²) in [7, 11) is 0. The molecule has 0 bridgehead atoms. The van der Waals surface area contributed by atoms with Gasteiger partial charge in [-0.3, -0.25) is 0 Å². The van der Waals surface area contributed by atoms with Gasteiger partial charge in [-0.05, 0) is 35.9 Å². The molecule has 1 aromatic heterocycles. The molecule has 0 radical (unpaired) electrons. The molecule has 0 aliphatic rings. The molecular formula is C22H14ClN5. The van der Waals surface area contributed by atoms with Crippen molar-refractivity contribution in [3.63, 3.8) is 0 Å². The van der Waals surface area contributed by atoms with E-state index in [4.69, 9.17) is 16.9 Å². The highest BCUT2D eigenvalue weighted by molar-refractivity contribution is 6.31. The minimum atomic E-state index is 0.362. The van der Waals surface area contributed by atoms with E-state index in [2.05, 4.69) is 26.6 Å². The lowest BCUT2D eigenvalue weighted by atomic mass is 10.1. The lowest BCUT2D eigenvalue weighted by Crippen LogP contribution is -2.00. The van der Waals surface area contributed by atoms with Crippen molar-refractivity contribution < 1.29 is 0 Å². The Hall–Kier alpha value is -3.75. The Balaban J connectivity index is 1.71. The van der Waals surface area contributed by atoms with Gasteiger partial charge in [0, 0.05) is 16.0 Å². The number of anilines is 1. The topological polar surface area (TPSA) is 74.0 Å². The van der Waals surface area contributed by atoms with E-state index >= 15 is 0 Å². The normalized spacial score (nSPS) is 10.9. The van der Waals surface area contributed by atoms with Crippen molar-refractivity contribution in [2.45, 2.75) is 0 Å². The fourth-order valence-electron chi connectivity index (χ4n) is 2.82. The molecule has 0 aliphatic heterocycles. The third-order valence-electron chi connectivity index (χ3n) is 4.10. The quantitative estimate of drug-likeness (QED) is 0.385. The van der Waals surface area contributed by atoms with Crippen molar-refractivity contribution in [3.05, 3.63) is 88.9 Å². The smallest absolute Gasteiger partial charge is 0.244 e. The number of fused-ring (bicyclic) bond motifs is 1. The van der Waals surface area contributed by atoms with Gasteiger partial charge in [0.1, 0.15) is 0 Å². The van der Waals surface area contributed by atoms with E-state index in [1.54, 1.807) is 24.4 Å². The number of halogens is 1. The van der Waals surface area contributed by atoms with Crippen molar-refractivity contribution >= 4 is 34.7 Å². The van der Waals surface area contributed by atoms with Crippen molar-refractivity contribution in [2.75, 3.05) is 5.43 Å². The summed E-state index contributed by atoms with van der Waals surface area (Å²) < 4.78 is 0. The number of rotatable bonds is 4. The summed E-state index contributed by atoms with van der Waals surface area (Å²) in [6.07, 6.45) is 1.62. The number of nitrogens with zero attached hydrogens (tertiary/aromatic N) is 4. The number of benzene rings is 3. The molecule has 1 heterocycles. The van der Waals surface area contributed by atoms with Gasteiger partial charge < -0.3 is 0 Å². The predicted molar refractivity (Wildman–Crippen MR) is 112 cm³/mol. The molecule has 3 aromatic carbocycles. The number of hydrogen-bond acceptors (Lipinski definition) is 5. The SMILES string of the molecule is N#Cc1cccc(/C=N/Nc2nc(-c3ccccc3)c3ccc(Cl)cc3n2)c1. The molecule has 0 amide bonds. The summed E-state index contributed by atoms with van der Waals surface area (Å²) in [4.78, 5) is 9.15. The molecule has 6 heteroatoms. The lowest BCUT2D eigenvalue weighted by molar-refractivity contribution is 1.16. The van der Waals surface area contributed by atoms with Gasteiger partial charge in [-0.25, -0.2) is 15.4 Å². The maximum Gasteiger partial charge on any atom is 0.244 e. The van der Waals surface area contributed by atoms with Crippen LogP contribution in [-0.2, 0) is 0 Å². The number of hydrogen-bond donors (Lipinski definition) is 1. The van der Waals surface area contributed by atoms with Gasteiger partial charge in [0.2, 0.25) is 5.95 Å². The highest BCUT2D eigenvalue weighted by atomic mass is 35.5. The summed E-state index contributed by atoms with van der Waals surface area (Å²) in [5, 5.41) is 14.7. The zero-order valence-electron chi connectivity index (χ0n) is 14.7. The van der Waals surface area contributed by atoms with Crippen LogP contribution in [-0.4, -0.2) is 16.2 Å². The molecule has 4 aromatic rings. The van der Waals surface area contributed by atoms with Gasteiger partial charge in [-0.2, -0.15) is 10.4 Å². The third kappa shape index (κ3) is 3.83. The maximum atomic E-state index is 8.99. The van der Waals surface area contributed by atoms with Crippen LogP contribution >= 0.6 is 11.6 Å². The van der Waals surface area contributed by atoms with Gasteiger partial charge in [0.15, 0.2) is 0 Å². The summed E-state index contributed by atoms with van der Waals surface area (Å²) in [6.45, 7) is 0. The standard InChI is InChI=1S/C22H14ClN5/c23-18-9-10-19-20(12-18)26-22(27-21(19)17-7-2-1-3-8-17)28-25-14-16-6-4-5-15(11-16)13-24/h1-12,14H,(H,26,27,28)/b25-14+. The van der Waals surface area contributed by atoms with E-state index in [-0.39, 0.29) is 0 Å². The van der Waals surface area contributed by atoms with Crippen LogP contribution < -0.4 is 5.43 Å². The number of aromatic nitrogens is 2. The Bertz CT molecular complexity index is 1210. The molecule has 0 unspecified atom stereocenters. The van der Waals surface area contributed by atoms with Crippen LogP contribution in [0.1, 0.15) is 11.1 Å². The van der Waals surface area contributed by atoms with Gasteiger partial charge in [0.25, 0.3) is 0 Å². The molecule has 5 nitrogen and oxygen atoms in total. The molecule has 134 valence electrons. The van der Waals surface area contributed by atoms with Crippen molar-refractivity contribution in [3.8, 4) is 17.3 Å². The minimum Gasteiger partial charge on any atom is -0.245 e. The van der Waals surface area contributed by atoms with E-state index in [9.17, 15) is 0 Å². The van der Waals surface area contributed by atoms with Crippen LogP contribution in [0.25, 0.3) is 22.2 Å². The average Bonchev–Trinajstić information content (AvgIpc) is 2.73. The number of hydrazone groups is 1. The van der Waals surface area contributed by atoms with E-state index in [1.165, 1.54) is 0 Å². The highest BCUT2D eigenvalue weighted by Crippen LogP contribution is 2.28. The zero-order valence-corrected chi connectivity index (χ0v) is 15.4. The average molecular weight is 384 g/mol. The van der Waals surface area contributed by atoms with Gasteiger partial charge in [0.05, 0.1) is 29.1 Å². The van der Waals surface area contributed by atoms with Crippen molar-refractivity contribution in [1.29, 1.82) is 5.26 Å². The van der Waals surface area contributed by atoms with Gasteiger partial charge in [-0.1, -0.05) is 54.1 Å². The fraction of sp³-hybridized carbons (Fsp3) is 0. The third-order valence-corrected chi connectivity index (χ3v) is 4.34. The Morgan fingerprint density at radius 3 is 2.64 bits per heavy atom. The fourth-order valence-corrected chi connectivity index (χ4v) is 2.99. The van der Waals surface area contributed by atoms with Crippen LogP contribution in [0, 0.1) is 11.3 Å². The Kier molecular flexibility index (Phi) is 4.96. The van der Waals surface area contributed by atoms with Gasteiger partial charge in [-0.15, -0.1) is 0 Å². The zero-order chi connectivity index (χ0) is 19.3. The van der Waals surface area contributed by atoms with Crippen molar-refractivity contribution in [1.82, 2.24) is 9.97 Å². The monoisotopic (exact) mass is 383 g/mol. The highest BCUT2D eigenvalue weighted by Gasteiger charge is 2.10. The summed E-state index contributed by atoms with van der Waals surface area (Å²) >= 11 is 6.15. The first kappa shape index (κ1) is 17.7. The second-order valence-corrected chi connectivity index (χ2v) is 6.47. The van der Waals surface area contributed by atoms with Crippen LogP contribution in [0.2, 0.25) is 5.02 Å². The summed E-state index contributed by atoms with van der Waals surface area (Å²) in [5.41, 5.74) is 6.76. The molecule has 0 aliphatic carbocycles. The molecule has 4 rings (SSSR count). The first-order valence-electron chi connectivity index (χ1n) is 8.55. The van der Waals surface area contributed by atoms with Gasteiger partial charge >= 0.3 is 0 Å². The summed E-state index contributed by atoms with van der Waals surface area (Å²) in [5.74, 6) is 0.362. The van der Waals surface area contributed by atoms with E-state index in [0.717, 1.165) is 27.7 Å². The molecule has 0 saturated carbocycles. The van der Waals surface area contributed by atoms with Crippen LogP contribution in [0.5, 0.6) is 0 Å². The number of nitriles is 1. The van der Waals surface area contributed by atoms with Crippen LogP contribution in [0.15, 0.2) is 77.9 Å². The molecular weight excluding hydrogens is 370 g/mol. The van der Waals surface area contributed by atoms with Crippen LogP contribution in [0.4, 0.5) is 5.95 Å². The van der Waals surface area contributed by atoms with Crippen LogP contribution in [0.3, 0.4) is 0 Å². The van der Waals surface area contributed by atoms with E-state index < -0.39 is 0 Å². The Morgan fingerprint density at radius 1 is 0.964 bits per heavy atom. The second-order valence-electron chi connectivity index (χ2n) is 6.03. The first-order valence-corrected chi connectivity index (χ1v) is 8.93. The second kappa shape index (κ2) is 7.87. The minimum absolute atomic E-state index is 0.362. The maximum absolute atomic E-state index is 8.99. The molecule has 0 fully saturated rings. The molecule has 0 saturated heterocycles. The number of nitrogens with one attached hydrogen (secondary N) is 1. The molecule has 28 heavy (non-hydrogen) atoms. The summed E-state index contributed by atoms with van der Waals surface area (Å²) in [6, 6.07) is 24.7. The first-order chi connectivity index (χ1) is 13.7. The van der Waals surface area contributed by atoms with E-state index in [1.807, 2.05) is 54.6 Å². The van der Waals surface area contributed by atoms with Crippen molar-refractivity contribution in [2.24, 2.45) is 5.10 Å². The Morgan fingerprint density at radius 2 is 1.82 bits per heavy atom. The molecule has 0 spiro atoms.